The second-order valence-corrected chi connectivity index (χ2v) is 4.01. The molecule has 0 unspecified atom stereocenters. The lowest BCUT2D eigenvalue weighted by Crippen LogP contribution is -2.09. The summed E-state index contributed by atoms with van der Waals surface area (Å²) in [7, 11) is 2.40. The molecule has 0 bridgehead atoms. The lowest BCUT2D eigenvalue weighted by molar-refractivity contribution is -0.386. The second kappa shape index (κ2) is 7.54. The number of nitro groups is 1. The Morgan fingerprint density at radius 1 is 1.40 bits per heavy atom. The molecule has 0 aliphatic carbocycles. The van der Waals surface area contributed by atoms with Gasteiger partial charge in [-0.25, -0.2) is 4.79 Å². The summed E-state index contributed by atoms with van der Waals surface area (Å²) in [6, 6.07) is 2.69. The molecule has 0 heterocycles. The normalized spacial score (nSPS) is 9.95. The topological polar surface area (TPSA) is 87.9 Å². The molecule has 0 amide bonds. The Morgan fingerprint density at radius 2 is 2.10 bits per heavy atom. The number of esters is 1. The quantitative estimate of drug-likeness (QED) is 0.253. The van der Waals surface area contributed by atoms with Gasteiger partial charge in [-0.05, 0) is 18.6 Å². The second-order valence-electron chi connectivity index (χ2n) is 3.63. The van der Waals surface area contributed by atoms with Crippen molar-refractivity contribution < 1.29 is 23.9 Å². The van der Waals surface area contributed by atoms with E-state index in [0.717, 1.165) is 7.11 Å². The number of ether oxygens (including phenoxy) is 3. The molecule has 1 aromatic carbocycles. The Kier molecular flexibility index (Phi) is 6.05. The fourth-order valence-corrected chi connectivity index (χ4v) is 1.67. The zero-order chi connectivity index (χ0) is 15.1. The van der Waals surface area contributed by atoms with E-state index in [1.165, 1.54) is 19.2 Å². The van der Waals surface area contributed by atoms with E-state index >= 15 is 0 Å². The Labute approximate surface area is 120 Å². The van der Waals surface area contributed by atoms with E-state index < -0.39 is 16.6 Å². The Balaban J connectivity index is 3.26. The van der Waals surface area contributed by atoms with Crippen LogP contribution in [-0.4, -0.2) is 37.6 Å². The van der Waals surface area contributed by atoms with Crippen molar-refractivity contribution in [2.75, 3.05) is 26.7 Å². The minimum atomic E-state index is -0.817. The molecule has 0 aliphatic heterocycles. The van der Waals surface area contributed by atoms with Gasteiger partial charge in [-0.2, -0.15) is 0 Å². The first kappa shape index (κ1) is 16.0. The molecule has 0 saturated heterocycles. The zero-order valence-corrected chi connectivity index (χ0v) is 11.8. The number of benzene rings is 1. The fourth-order valence-electron chi connectivity index (χ4n) is 1.56. The number of alkyl halides is 1. The van der Waals surface area contributed by atoms with Crippen LogP contribution in [0.25, 0.3) is 0 Å². The van der Waals surface area contributed by atoms with E-state index in [1.54, 1.807) is 0 Å². The van der Waals surface area contributed by atoms with Crippen molar-refractivity contribution in [3.05, 3.63) is 27.8 Å². The summed E-state index contributed by atoms with van der Waals surface area (Å²) in [4.78, 5) is 22.0. The average Bonchev–Trinajstić information content (AvgIpc) is 2.45. The first-order chi connectivity index (χ1) is 9.56. The maximum atomic E-state index is 11.5. The van der Waals surface area contributed by atoms with Crippen LogP contribution >= 0.6 is 11.6 Å². The van der Waals surface area contributed by atoms with Gasteiger partial charge in [-0.1, -0.05) is 0 Å². The third kappa shape index (κ3) is 3.51. The van der Waals surface area contributed by atoms with Gasteiger partial charge < -0.3 is 14.2 Å². The number of carbonyl (C=O) groups excluding carboxylic acids is 1. The van der Waals surface area contributed by atoms with Crippen LogP contribution in [0.4, 0.5) is 5.69 Å². The molecule has 0 atom stereocenters. The van der Waals surface area contributed by atoms with E-state index in [4.69, 9.17) is 21.1 Å². The lowest BCUT2D eigenvalue weighted by Gasteiger charge is -2.12. The average molecular weight is 304 g/mol. The predicted octanol–water partition coefficient (Wildman–Crippen LogP) is 2.40. The molecule has 8 heteroatoms. The number of nitro benzene ring substituents is 1. The number of hydrogen-bond acceptors (Lipinski definition) is 6. The summed E-state index contributed by atoms with van der Waals surface area (Å²) in [5.41, 5.74) is -0.679. The minimum Gasteiger partial charge on any atom is -0.489 e. The van der Waals surface area contributed by atoms with Crippen LogP contribution < -0.4 is 9.47 Å². The number of methoxy groups -OCH3 is 2. The molecule has 1 aromatic rings. The van der Waals surface area contributed by atoms with Crippen molar-refractivity contribution in [2.24, 2.45) is 0 Å². The smallest absolute Gasteiger partial charge is 0.345 e. The minimum absolute atomic E-state index is 0.118. The van der Waals surface area contributed by atoms with E-state index in [1.807, 2.05) is 0 Å². The first-order valence-corrected chi connectivity index (χ1v) is 6.22. The summed E-state index contributed by atoms with van der Waals surface area (Å²) in [5, 5.41) is 11.1. The Bertz CT molecular complexity index is 505. The zero-order valence-electron chi connectivity index (χ0n) is 11.1. The van der Waals surface area contributed by atoms with Crippen molar-refractivity contribution in [3.63, 3.8) is 0 Å². The number of halogens is 1. The van der Waals surface area contributed by atoms with Crippen molar-refractivity contribution >= 4 is 23.3 Å². The van der Waals surface area contributed by atoms with Crippen LogP contribution in [0, 0.1) is 10.1 Å². The van der Waals surface area contributed by atoms with Gasteiger partial charge >= 0.3 is 11.7 Å². The van der Waals surface area contributed by atoms with Crippen LogP contribution in [0.3, 0.4) is 0 Å². The largest absolute Gasteiger partial charge is 0.489 e. The number of nitrogens with zero attached hydrogens (tertiary/aromatic N) is 1. The SMILES string of the molecule is COC(=O)c1ccc(OCCCCl)c(OC)c1[N+](=O)[O-]. The number of rotatable bonds is 7. The van der Waals surface area contributed by atoms with E-state index in [-0.39, 0.29) is 23.7 Å². The van der Waals surface area contributed by atoms with Crippen LogP contribution in [0.5, 0.6) is 11.5 Å². The molecule has 0 spiro atoms. The maximum Gasteiger partial charge on any atom is 0.345 e. The van der Waals surface area contributed by atoms with Gasteiger partial charge in [0.1, 0.15) is 5.56 Å². The van der Waals surface area contributed by atoms with Crippen LogP contribution in [0.15, 0.2) is 12.1 Å². The summed E-state index contributed by atoms with van der Waals surface area (Å²) < 4.78 is 14.9. The van der Waals surface area contributed by atoms with Gasteiger partial charge in [0.25, 0.3) is 0 Å². The van der Waals surface area contributed by atoms with Gasteiger partial charge in [0, 0.05) is 5.88 Å². The Hall–Kier alpha value is -2.02. The molecule has 1 rings (SSSR count). The number of hydrogen-bond donors (Lipinski definition) is 0. The van der Waals surface area contributed by atoms with Crippen molar-refractivity contribution in [3.8, 4) is 11.5 Å². The molecule has 0 fully saturated rings. The molecule has 0 N–H and O–H groups in total. The number of carbonyl (C=O) groups is 1. The molecule has 0 aliphatic rings. The first-order valence-electron chi connectivity index (χ1n) is 5.69. The summed E-state index contributed by atoms with van der Waals surface area (Å²) in [6.45, 7) is 0.286. The van der Waals surface area contributed by atoms with Crippen molar-refractivity contribution in [2.45, 2.75) is 6.42 Å². The molecule has 7 nitrogen and oxygen atoms in total. The molecule has 20 heavy (non-hydrogen) atoms. The molecular formula is C12H14ClNO6. The van der Waals surface area contributed by atoms with Gasteiger partial charge in [0.05, 0.1) is 25.7 Å². The summed E-state index contributed by atoms with van der Waals surface area (Å²) in [5.74, 6) is -0.350. The predicted molar refractivity (Wildman–Crippen MR) is 71.8 cm³/mol. The monoisotopic (exact) mass is 303 g/mol. The van der Waals surface area contributed by atoms with E-state index in [9.17, 15) is 14.9 Å². The van der Waals surface area contributed by atoms with Crippen LogP contribution in [0.1, 0.15) is 16.8 Å². The van der Waals surface area contributed by atoms with Gasteiger partial charge in [-0.3, -0.25) is 10.1 Å². The molecule has 0 saturated carbocycles. The summed E-state index contributed by atoms with van der Waals surface area (Å²) >= 11 is 5.53. The summed E-state index contributed by atoms with van der Waals surface area (Å²) in [6.07, 6.45) is 0.581. The Morgan fingerprint density at radius 3 is 2.60 bits per heavy atom. The van der Waals surface area contributed by atoms with E-state index in [2.05, 4.69) is 4.74 Å². The van der Waals surface area contributed by atoms with Gasteiger partial charge in [0.15, 0.2) is 5.75 Å². The lowest BCUT2D eigenvalue weighted by atomic mass is 10.1. The highest BCUT2D eigenvalue weighted by atomic mass is 35.5. The maximum absolute atomic E-state index is 11.5. The van der Waals surface area contributed by atoms with Crippen molar-refractivity contribution in [1.82, 2.24) is 0 Å². The van der Waals surface area contributed by atoms with Gasteiger partial charge in [-0.15, -0.1) is 11.6 Å². The highest BCUT2D eigenvalue weighted by Gasteiger charge is 2.29. The molecular weight excluding hydrogens is 290 g/mol. The van der Waals surface area contributed by atoms with E-state index in [0.29, 0.717) is 12.3 Å². The third-order valence-electron chi connectivity index (χ3n) is 2.42. The molecule has 0 radical (unpaired) electrons. The standard InChI is InChI=1S/C12H14ClNO6/c1-18-11-9(20-7-3-6-13)5-4-8(12(15)19-2)10(11)14(16)17/h4-5H,3,6-7H2,1-2H3. The third-order valence-corrected chi connectivity index (χ3v) is 2.69. The highest BCUT2D eigenvalue weighted by molar-refractivity contribution is 6.17. The molecule has 110 valence electrons. The van der Waals surface area contributed by atoms with Crippen LogP contribution in [-0.2, 0) is 4.74 Å². The molecule has 0 aromatic heterocycles. The van der Waals surface area contributed by atoms with Gasteiger partial charge in [0.2, 0.25) is 5.75 Å². The van der Waals surface area contributed by atoms with Crippen molar-refractivity contribution in [1.29, 1.82) is 0 Å². The fraction of sp³-hybridized carbons (Fsp3) is 0.417. The van der Waals surface area contributed by atoms with Crippen LogP contribution in [0.2, 0.25) is 0 Å². The highest BCUT2D eigenvalue weighted by Crippen LogP contribution is 2.39.